The van der Waals surface area contributed by atoms with Crippen LogP contribution in [-0.4, -0.2) is 14.9 Å². The van der Waals surface area contributed by atoms with E-state index >= 15 is 0 Å². The number of nitro benzene ring substituents is 1. The number of hydrogen-bond donors (Lipinski definition) is 1. The lowest BCUT2D eigenvalue weighted by atomic mass is 10.1. The highest BCUT2D eigenvalue weighted by atomic mass is 16.6. The lowest BCUT2D eigenvalue weighted by Crippen LogP contribution is -1.99. The van der Waals surface area contributed by atoms with E-state index in [4.69, 9.17) is 5.73 Å². The van der Waals surface area contributed by atoms with Gasteiger partial charge in [0.05, 0.1) is 16.8 Å². The van der Waals surface area contributed by atoms with Crippen molar-refractivity contribution >= 4 is 11.5 Å². The molecule has 0 unspecified atom stereocenters. The van der Waals surface area contributed by atoms with Gasteiger partial charge in [0.2, 0.25) is 0 Å². The standard InChI is InChI=1S/C17H14N4O2/c1-11-2-4-12(5-3-11)15-10-19-17(18)16(20-15)13-6-8-14(9-7-13)21(22)23/h2-10H,1H3,(H2,18,19). The molecule has 0 radical (unpaired) electrons. The average Bonchev–Trinajstić information content (AvgIpc) is 2.56. The first-order valence-corrected chi connectivity index (χ1v) is 6.99. The highest BCUT2D eigenvalue weighted by Gasteiger charge is 2.11. The Hall–Kier alpha value is -3.28. The van der Waals surface area contributed by atoms with Crippen LogP contribution in [-0.2, 0) is 0 Å². The topological polar surface area (TPSA) is 94.9 Å². The molecule has 1 aromatic heterocycles. The van der Waals surface area contributed by atoms with Gasteiger partial charge in [-0.1, -0.05) is 29.8 Å². The minimum Gasteiger partial charge on any atom is -0.382 e. The summed E-state index contributed by atoms with van der Waals surface area (Å²) in [6, 6.07) is 14.0. The molecule has 3 aromatic rings. The van der Waals surface area contributed by atoms with Crippen LogP contribution >= 0.6 is 0 Å². The summed E-state index contributed by atoms with van der Waals surface area (Å²) in [5.41, 5.74) is 9.94. The third-order valence-corrected chi connectivity index (χ3v) is 3.50. The molecule has 3 rings (SSSR count). The lowest BCUT2D eigenvalue weighted by molar-refractivity contribution is -0.384. The van der Waals surface area contributed by atoms with Gasteiger partial charge in [-0.05, 0) is 19.1 Å². The second-order valence-electron chi connectivity index (χ2n) is 5.16. The Labute approximate surface area is 132 Å². The van der Waals surface area contributed by atoms with Crippen molar-refractivity contribution < 1.29 is 4.92 Å². The second-order valence-corrected chi connectivity index (χ2v) is 5.16. The number of nitrogens with two attached hydrogens (primary N) is 1. The molecule has 0 fully saturated rings. The maximum absolute atomic E-state index is 10.7. The summed E-state index contributed by atoms with van der Waals surface area (Å²) in [7, 11) is 0. The van der Waals surface area contributed by atoms with E-state index in [0.29, 0.717) is 17.0 Å². The van der Waals surface area contributed by atoms with Crippen molar-refractivity contribution in [2.24, 2.45) is 0 Å². The van der Waals surface area contributed by atoms with Crippen LogP contribution in [0.5, 0.6) is 0 Å². The molecule has 0 atom stereocenters. The zero-order valence-corrected chi connectivity index (χ0v) is 12.4. The Bertz CT molecular complexity index is 859. The first-order valence-electron chi connectivity index (χ1n) is 6.99. The fraction of sp³-hybridized carbons (Fsp3) is 0.0588. The number of rotatable bonds is 3. The Morgan fingerprint density at radius 2 is 1.61 bits per heavy atom. The van der Waals surface area contributed by atoms with Gasteiger partial charge in [0.25, 0.3) is 5.69 Å². The Kier molecular flexibility index (Phi) is 3.72. The van der Waals surface area contributed by atoms with E-state index < -0.39 is 4.92 Å². The van der Waals surface area contributed by atoms with Gasteiger partial charge in [-0.15, -0.1) is 0 Å². The number of non-ortho nitro benzene ring substituents is 1. The van der Waals surface area contributed by atoms with Gasteiger partial charge < -0.3 is 5.73 Å². The first-order chi connectivity index (χ1) is 11.0. The minimum atomic E-state index is -0.443. The van der Waals surface area contributed by atoms with Gasteiger partial charge in [-0.2, -0.15) is 0 Å². The van der Waals surface area contributed by atoms with Crippen LogP contribution < -0.4 is 5.73 Å². The van der Waals surface area contributed by atoms with Crippen LogP contribution in [0.25, 0.3) is 22.5 Å². The van der Waals surface area contributed by atoms with E-state index in [1.807, 2.05) is 31.2 Å². The Morgan fingerprint density at radius 3 is 2.22 bits per heavy atom. The molecular weight excluding hydrogens is 292 g/mol. The fourth-order valence-electron chi connectivity index (χ4n) is 2.22. The number of benzene rings is 2. The van der Waals surface area contributed by atoms with Crippen molar-refractivity contribution in [3.8, 4) is 22.5 Å². The molecule has 0 spiro atoms. The molecule has 114 valence electrons. The van der Waals surface area contributed by atoms with Crippen LogP contribution in [0.2, 0.25) is 0 Å². The van der Waals surface area contributed by atoms with E-state index in [1.165, 1.54) is 12.1 Å². The molecule has 0 aliphatic rings. The van der Waals surface area contributed by atoms with E-state index in [-0.39, 0.29) is 11.5 Å². The number of aromatic nitrogens is 2. The molecule has 0 aliphatic heterocycles. The van der Waals surface area contributed by atoms with Crippen LogP contribution in [0.1, 0.15) is 5.56 Å². The zero-order valence-electron chi connectivity index (χ0n) is 12.4. The molecule has 0 aliphatic carbocycles. The smallest absolute Gasteiger partial charge is 0.269 e. The summed E-state index contributed by atoms with van der Waals surface area (Å²) in [4.78, 5) is 19.0. The van der Waals surface area contributed by atoms with E-state index in [9.17, 15) is 10.1 Å². The summed E-state index contributed by atoms with van der Waals surface area (Å²) in [6.07, 6.45) is 1.62. The average molecular weight is 306 g/mol. The number of nitro groups is 1. The van der Waals surface area contributed by atoms with E-state index in [0.717, 1.165) is 11.1 Å². The van der Waals surface area contributed by atoms with Crippen molar-refractivity contribution in [1.82, 2.24) is 9.97 Å². The van der Waals surface area contributed by atoms with Crippen molar-refractivity contribution in [2.75, 3.05) is 5.73 Å². The summed E-state index contributed by atoms with van der Waals surface area (Å²) < 4.78 is 0. The van der Waals surface area contributed by atoms with Gasteiger partial charge in [0, 0.05) is 23.3 Å². The molecule has 6 heteroatoms. The first kappa shape index (κ1) is 14.6. The quantitative estimate of drug-likeness (QED) is 0.589. The summed E-state index contributed by atoms with van der Waals surface area (Å²) in [6.45, 7) is 2.01. The minimum absolute atomic E-state index is 0.0231. The molecule has 2 N–H and O–H groups in total. The van der Waals surface area contributed by atoms with Crippen molar-refractivity contribution in [1.29, 1.82) is 0 Å². The molecule has 6 nitrogen and oxygen atoms in total. The number of anilines is 1. The molecule has 0 saturated heterocycles. The Balaban J connectivity index is 2.03. The van der Waals surface area contributed by atoms with Crippen molar-refractivity contribution in [2.45, 2.75) is 6.92 Å². The predicted octanol–water partition coefficient (Wildman–Crippen LogP) is 3.61. The van der Waals surface area contributed by atoms with Gasteiger partial charge in [0.1, 0.15) is 11.5 Å². The van der Waals surface area contributed by atoms with Crippen LogP contribution in [0.4, 0.5) is 11.5 Å². The number of hydrogen-bond acceptors (Lipinski definition) is 5. The largest absolute Gasteiger partial charge is 0.382 e. The normalized spacial score (nSPS) is 10.5. The van der Waals surface area contributed by atoms with E-state index in [2.05, 4.69) is 9.97 Å². The molecule has 0 bridgehead atoms. The number of aryl methyl sites for hydroxylation is 1. The number of nitrogens with zero attached hydrogens (tertiary/aromatic N) is 3. The maximum Gasteiger partial charge on any atom is 0.269 e. The van der Waals surface area contributed by atoms with Crippen LogP contribution in [0, 0.1) is 17.0 Å². The second kappa shape index (κ2) is 5.84. The SMILES string of the molecule is Cc1ccc(-c2cnc(N)c(-c3ccc([N+](=O)[O-])cc3)n2)cc1. The molecule has 0 saturated carbocycles. The third-order valence-electron chi connectivity index (χ3n) is 3.50. The van der Waals surface area contributed by atoms with Gasteiger partial charge in [0.15, 0.2) is 0 Å². The van der Waals surface area contributed by atoms with Gasteiger partial charge in [-0.25, -0.2) is 9.97 Å². The van der Waals surface area contributed by atoms with Crippen LogP contribution in [0.3, 0.4) is 0 Å². The highest BCUT2D eigenvalue weighted by Crippen LogP contribution is 2.27. The summed E-state index contributed by atoms with van der Waals surface area (Å²) >= 11 is 0. The Morgan fingerprint density at radius 1 is 1.00 bits per heavy atom. The van der Waals surface area contributed by atoms with Crippen molar-refractivity contribution in [3.05, 3.63) is 70.4 Å². The highest BCUT2D eigenvalue weighted by molar-refractivity contribution is 5.73. The molecular formula is C17H14N4O2. The summed E-state index contributed by atoms with van der Waals surface area (Å²) in [5, 5.41) is 10.7. The molecule has 0 amide bonds. The molecule has 23 heavy (non-hydrogen) atoms. The predicted molar refractivity (Wildman–Crippen MR) is 88.7 cm³/mol. The van der Waals surface area contributed by atoms with Gasteiger partial charge >= 0.3 is 0 Å². The summed E-state index contributed by atoms with van der Waals surface area (Å²) in [5.74, 6) is 0.287. The molecule has 2 aromatic carbocycles. The van der Waals surface area contributed by atoms with Crippen molar-refractivity contribution in [3.63, 3.8) is 0 Å². The van der Waals surface area contributed by atoms with Gasteiger partial charge in [-0.3, -0.25) is 10.1 Å². The monoisotopic (exact) mass is 306 g/mol. The zero-order chi connectivity index (χ0) is 16.4. The van der Waals surface area contributed by atoms with E-state index in [1.54, 1.807) is 18.3 Å². The number of nitrogen functional groups attached to an aromatic ring is 1. The third kappa shape index (κ3) is 3.01. The van der Waals surface area contributed by atoms with Crippen LogP contribution in [0.15, 0.2) is 54.7 Å². The fourth-order valence-corrected chi connectivity index (χ4v) is 2.22. The maximum atomic E-state index is 10.7. The molecule has 1 heterocycles. The lowest BCUT2D eigenvalue weighted by Gasteiger charge is -2.07.